The van der Waals surface area contributed by atoms with Crippen molar-refractivity contribution in [2.45, 2.75) is 86.4 Å². The number of pyridine rings is 2. The monoisotopic (exact) mass is 582 g/mol. The van der Waals surface area contributed by atoms with E-state index in [2.05, 4.69) is 29.1 Å². The molecule has 3 aromatic rings. The summed E-state index contributed by atoms with van der Waals surface area (Å²) in [6, 6.07) is 6.54. The number of amides is 2. The van der Waals surface area contributed by atoms with E-state index >= 15 is 4.39 Å². The maximum absolute atomic E-state index is 15.9. The van der Waals surface area contributed by atoms with Gasteiger partial charge in [-0.15, -0.1) is 0 Å². The maximum Gasteiger partial charge on any atom is 0.425 e. The number of hydrogen-bond acceptors (Lipinski definition) is 7. The van der Waals surface area contributed by atoms with Gasteiger partial charge in [0.1, 0.15) is 17.0 Å². The molecule has 0 radical (unpaired) electrons. The number of nitrogens with one attached hydrogen (secondary N) is 1. The molecule has 8 nitrogen and oxygen atoms in total. The van der Waals surface area contributed by atoms with Crippen molar-refractivity contribution in [2.75, 3.05) is 10.2 Å². The fourth-order valence-electron chi connectivity index (χ4n) is 4.11. The van der Waals surface area contributed by atoms with Crippen molar-refractivity contribution in [3.05, 3.63) is 76.7 Å². The van der Waals surface area contributed by atoms with Gasteiger partial charge in [0.05, 0.1) is 17.6 Å². The highest BCUT2D eigenvalue weighted by atomic mass is 19.1. The van der Waals surface area contributed by atoms with Crippen molar-refractivity contribution < 1.29 is 27.8 Å². The standard InChI is InChI=1S/C32H40F2N4O4/c1-19(2)14-21-10-11-25(24(33)15-21)37-26-18-35-17-23(20(26)3)16-22-12-13-36-28(27(22)34)38(29(39)41-31(4,5)6)30(40)42-32(7,8)9/h10-13,15,17-19,37H,14,16H2,1-9H3. The number of halogens is 2. The maximum atomic E-state index is 15.9. The third-order valence-corrected chi connectivity index (χ3v) is 5.96. The minimum atomic E-state index is -1.12. The fraction of sp³-hybridized carbons (Fsp3) is 0.438. The van der Waals surface area contributed by atoms with E-state index in [0.29, 0.717) is 27.8 Å². The van der Waals surface area contributed by atoms with Crippen molar-refractivity contribution in [3.63, 3.8) is 0 Å². The molecule has 0 saturated carbocycles. The van der Waals surface area contributed by atoms with Gasteiger partial charge in [0.25, 0.3) is 0 Å². The first-order chi connectivity index (χ1) is 19.4. The predicted molar refractivity (Wildman–Crippen MR) is 159 cm³/mol. The molecule has 0 aliphatic carbocycles. The van der Waals surface area contributed by atoms with Gasteiger partial charge in [0.2, 0.25) is 0 Å². The Hall–Kier alpha value is -4.08. The fourth-order valence-corrected chi connectivity index (χ4v) is 4.11. The second-order valence-corrected chi connectivity index (χ2v) is 12.6. The van der Waals surface area contributed by atoms with Gasteiger partial charge in [0, 0.05) is 18.8 Å². The van der Waals surface area contributed by atoms with Crippen LogP contribution in [0.5, 0.6) is 0 Å². The smallest absolute Gasteiger partial charge is 0.425 e. The van der Waals surface area contributed by atoms with Crippen LogP contribution in [-0.2, 0) is 22.3 Å². The molecule has 42 heavy (non-hydrogen) atoms. The lowest BCUT2D eigenvalue weighted by Crippen LogP contribution is -2.44. The summed E-state index contributed by atoms with van der Waals surface area (Å²) < 4.78 is 41.5. The summed E-state index contributed by atoms with van der Waals surface area (Å²) in [5, 5.41) is 3.09. The van der Waals surface area contributed by atoms with E-state index < -0.39 is 35.0 Å². The van der Waals surface area contributed by atoms with Crippen molar-refractivity contribution in [3.8, 4) is 0 Å². The zero-order chi connectivity index (χ0) is 31.4. The highest BCUT2D eigenvalue weighted by Gasteiger charge is 2.36. The normalized spacial score (nSPS) is 11.8. The number of rotatable bonds is 7. The molecular formula is C32H40F2N4O4. The molecule has 0 bridgehead atoms. The average molecular weight is 583 g/mol. The molecule has 0 atom stereocenters. The van der Waals surface area contributed by atoms with Gasteiger partial charge >= 0.3 is 12.2 Å². The van der Waals surface area contributed by atoms with Crippen molar-refractivity contribution in [2.24, 2.45) is 5.92 Å². The molecule has 2 heterocycles. The Morgan fingerprint density at radius 3 is 2.10 bits per heavy atom. The zero-order valence-corrected chi connectivity index (χ0v) is 25.8. The van der Waals surface area contributed by atoms with E-state index in [1.54, 1.807) is 60.0 Å². The Bertz CT molecular complexity index is 1420. The lowest BCUT2D eigenvalue weighted by Gasteiger charge is -2.28. The number of imide groups is 1. The lowest BCUT2D eigenvalue weighted by molar-refractivity contribution is 0.0427. The number of carbonyl (C=O) groups is 2. The van der Waals surface area contributed by atoms with Gasteiger partial charge in [0.15, 0.2) is 11.6 Å². The molecule has 0 fully saturated rings. The Labute approximate surface area is 246 Å². The first-order valence-corrected chi connectivity index (χ1v) is 13.8. The number of nitrogens with zero attached hydrogens (tertiary/aromatic N) is 3. The van der Waals surface area contributed by atoms with Gasteiger partial charge in [-0.05, 0) is 101 Å². The van der Waals surface area contributed by atoms with E-state index in [1.807, 2.05) is 13.0 Å². The molecule has 10 heteroatoms. The van der Waals surface area contributed by atoms with Crippen LogP contribution in [0.25, 0.3) is 0 Å². The molecule has 2 amide bonds. The summed E-state index contributed by atoms with van der Waals surface area (Å²) in [6.07, 6.45) is 3.04. The minimum absolute atomic E-state index is 0.0575. The molecule has 0 aliphatic rings. The molecule has 1 aromatic carbocycles. The molecular weight excluding hydrogens is 542 g/mol. The van der Waals surface area contributed by atoms with Gasteiger partial charge in [-0.3, -0.25) is 4.98 Å². The highest BCUT2D eigenvalue weighted by Crippen LogP contribution is 2.29. The average Bonchev–Trinajstić information content (AvgIpc) is 2.83. The Kier molecular flexibility index (Phi) is 9.91. The van der Waals surface area contributed by atoms with Crippen LogP contribution in [0.2, 0.25) is 0 Å². The van der Waals surface area contributed by atoms with E-state index in [9.17, 15) is 14.0 Å². The van der Waals surface area contributed by atoms with Gasteiger partial charge < -0.3 is 14.8 Å². The molecule has 3 rings (SSSR count). The molecule has 0 unspecified atom stereocenters. The number of anilines is 3. The van der Waals surface area contributed by atoms with Crippen LogP contribution in [-0.4, -0.2) is 33.4 Å². The molecule has 0 aliphatic heterocycles. The van der Waals surface area contributed by atoms with E-state index in [1.165, 1.54) is 18.3 Å². The summed E-state index contributed by atoms with van der Waals surface area (Å²) in [4.78, 5) is 34.8. The number of ether oxygens (including phenoxy) is 2. The van der Waals surface area contributed by atoms with E-state index in [4.69, 9.17) is 9.47 Å². The third-order valence-electron chi connectivity index (χ3n) is 5.96. The lowest BCUT2D eigenvalue weighted by atomic mass is 10.0. The number of carbonyl (C=O) groups excluding carboxylic acids is 2. The van der Waals surface area contributed by atoms with Crippen molar-refractivity contribution in [1.29, 1.82) is 0 Å². The van der Waals surface area contributed by atoms with Gasteiger partial charge in [-0.2, -0.15) is 4.90 Å². The number of aromatic nitrogens is 2. The topological polar surface area (TPSA) is 93.7 Å². The molecule has 0 saturated heterocycles. The van der Waals surface area contributed by atoms with Crippen LogP contribution < -0.4 is 10.2 Å². The molecule has 1 N–H and O–H groups in total. The second kappa shape index (κ2) is 12.8. The van der Waals surface area contributed by atoms with Gasteiger partial charge in [-0.1, -0.05) is 19.9 Å². The SMILES string of the molecule is Cc1c(Cc2ccnc(N(C(=O)OC(C)(C)C)C(=O)OC(C)(C)C)c2F)cncc1Nc1ccc(CC(C)C)cc1F. The third kappa shape index (κ3) is 8.71. The minimum Gasteiger partial charge on any atom is -0.443 e. The highest BCUT2D eigenvalue weighted by molar-refractivity contribution is 6.08. The van der Waals surface area contributed by atoms with E-state index in [-0.39, 0.29) is 17.8 Å². The van der Waals surface area contributed by atoms with Crippen LogP contribution in [0.4, 0.5) is 35.6 Å². The first kappa shape index (κ1) is 32.4. The van der Waals surface area contributed by atoms with Crippen molar-refractivity contribution >= 4 is 29.4 Å². The molecule has 2 aromatic heterocycles. The summed E-state index contributed by atoms with van der Waals surface area (Å²) in [5.74, 6) is -1.41. The second-order valence-electron chi connectivity index (χ2n) is 12.6. The molecule has 226 valence electrons. The van der Waals surface area contributed by atoms with Crippen LogP contribution in [0.3, 0.4) is 0 Å². The zero-order valence-electron chi connectivity index (χ0n) is 25.8. The van der Waals surface area contributed by atoms with E-state index in [0.717, 1.165) is 17.5 Å². The Morgan fingerprint density at radius 2 is 1.55 bits per heavy atom. The van der Waals surface area contributed by atoms with Gasteiger partial charge in [-0.25, -0.2) is 23.4 Å². The molecule has 0 spiro atoms. The summed E-state index contributed by atoms with van der Waals surface area (Å²) in [5.41, 5.74) is 1.37. The van der Waals surface area contributed by atoms with Crippen LogP contribution in [0, 0.1) is 24.5 Å². The largest absolute Gasteiger partial charge is 0.443 e. The Morgan fingerprint density at radius 1 is 0.929 bits per heavy atom. The summed E-state index contributed by atoms with van der Waals surface area (Å²) in [6.45, 7) is 15.7. The summed E-state index contributed by atoms with van der Waals surface area (Å²) in [7, 11) is 0. The van der Waals surface area contributed by atoms with Crippen molar-refractivity contribution in [1.82, 2.24) is 9.97 Å². The van der Waals surface area contributed by atoms with Crippen LogP contribution in [0.15, 0.2) is 42.9 Å². The van der Waals surface area contributed by atoms with Crippen LogP contribution in [0.1, 0.15) is 77.6 Å². The first-order valence-electron chi connectivity index (χ1n) is 13.8. The quantitative estimate of drug-likeness (QED) is 0.300. The number of benzene rings is 1. The van der Waals surface area contributed by atoms with Crippen LogP contribution >= 0.6 is 0 Å². The predicted octanol–water partition coefficient (Wildman–Crippen LogP) is 8.27. The Balaban J connectivity index is 1.94. The summed E-state index contributed by atoms with van der Waals surface area (Å²) >= 11 is 0. The number of hydrogen-bond donors (Lipinski definition) is 1.